The summed E-state index contributed by atoms with van der Waals surface area (Å²) < 4.78 is 0.982. The summed E-state index contributed by atoms with van der Waals surface area (Å²) in [6.45, 7) is -0.337. The van der Waals surface area contributed by atoms with Crippen molar-refractivity contribution in [3.05, 3.63) is 93.4 Å². The molecule has 0 bridgehead atoms. The molecular formula is C19H15N5O4. The zero-order chi connectivity index (χ0) is 19.9. The number of hydrogen-bond acceptors (Lipinski definition) is 6. The highest BCUT2D eigenvalue weighted by atomic mass is 16.6. The third kappa shape index (κ3) is 4.94. The van der Waals surface area contributed by atoms with Gasteiger partial charge in [0.05, 0.1) is 22.5 Å². The Bertz CT molecular complexity index is 1080. The summed E-state index contributed by atoms with van der Waals surface area (Å²) in [5.74, 6) is -0.485. The van der Waals surface area contributed by atoms with Gasteiger partial charge in [-0.15, -0.1) is 0 Å². The monoisotopic (exact) mass is 377 g/mol. The van der Waals surface area contributed by atoms with Crippen LogP contribution in [0, 0.1) is 10.1 Å². The molecular weight excluding hydrogens is 362 g/mol. The number of anilines is 1. The Kier molecular flexibility index (Phi) is 5.66. The number of aromatic nitrogens is 1. The first-order chi connectivity index (χ1) is 13.5. The molecule has 9 heteroatoms. The van der Waals surface area contributed by atoms with Crippen molar-refractivity contribution >= 4 is 28.7 Å². The van der Waals surface area contributed by atoms with Crippen LogP contribution in [0.2, 0.25) is 0 Å². The number of nitrogens with one attached hydrogen (secondary N) is 1. The van der Waals surface area contributed by atoms with Gasteiger partial charge in [-0.1, -0.05) is 18.2 Å². The van der Waals surface area contributed by atoms with Gasteiger partial charge in [0.15, 0.2) is 0 Å². The maximum absolute atomic E-state index is 12.1. The smallest absolute Gasteiger partial charge is 0.285 e. The Morgan fingerprint density at radius 2 is 1.61 bits per heavy atom. The van der Waals surface area contributed by atoms with E-state index in [2.05, 4.69) is 15.5 Å². The van der Waals surface area contributed by atoms with Crippen LogP contribution in [0.1, 0.15) is 0 Å². The van der Waals surface area contributed by atoms with Crippen LogP contribution in [-0.4, -0.2) is 15.4 Å². The van der Waals surface area contributed by atoms with E-state index in [1.54, 1.807) is 24.3 Å². The van der Waals surface area contributed by atoms with Crippen molar-refractivity contribution in [1.82, 2.24) is 4.57 Å². The van der Waals surface area contributed by atoms with Gasteiger partial charge in [-0.2, -0.15) is 10.2 Å². The molecule has 0 radical (unpaired) electrons. The van der Waals surface area contributed by atoms with Crippen LogP contribution in [0.5, 0.6) is 0 Å². The molecule has 1 amide bonds. The summed E-state index contributed by atoms with van der Waals surface area (Å²) in [4.78, 5) is 34.0. The van der Waals surface area contributed by atoms with E-state index in [4.69, 9.17) is 0 Å². The second-order valence-corrected chi connectivity index (χ2v) is 5.74. The summed E-state index contributed by atoms with van der Waals surface area (Å²) in [7, 11) is 0. The number of benzene rings is 2. The van der Waals surface area contributed by atoms with Gasteiger partial charge in [-0.05, 0) is 36.4 Å². The molecule has 1 aromatic heterocycles. The van der Waals surface area contributed by atoms with Gasteiger partial charge in [-0.3, -0.25) is 24.3 Å². The Balaban J connectivity index is 1.63. The van der Waals surface area contributed by atoms with Crippen LogP contribution < -0.4 is 10.9 Å². The van der Waals surface area contributed by atoms with Crippen molar-refractivity contribution < 1.29 is 9.72 Å². The normalized spacial score (nSPS) is 10.7. The fourth-order valence-corrected chi connectivity index (χ4v) is 2.33. The number of carbonyl (C=O) groups is 1. The van der Waals surface area contributed by atoms with Crippen LogP contribution in [0.15, 0.2) is 87.9 Å². The fourth-order valence-electron chi connectivity index (χ4n) is 2.33. The predicted octanol–water partition coefficient (Wildman–Crippen LogP) is 3.81. The SMILES string of the molecule is O=C(Cn1cc([N+](=O)[O-])ccc1=O)Nc1ccc(N=Nc2ccccc2)cc1. The molecule has 0 spiro atoms. The van der Waals surface area contributed by atoms with Crippen LogP contribution in [0.4, 0.5) is 22.7 Å². The molecule has 1 heterocycles. The van der Waals surface area contributed by atoms with E-state index in [0.29, 0.717) is 11.4 Å². The lowest BCUT2D eigenvalue weighted by Crippen LogP contribution is -2.26. The molecule has 140 valence electrons. The Hall–Kier alpha value is -4.14. The molecule has 0 aliphatic carbocycles. The van der Waals surface area contributed by atoms with Crippen LogP contribution in [0.3, 0.4) is 0 Å². The zero-order valence-electron chi connectivity index (χ0n) is 14.6. The third-order valence-electron chi connectivity index (χ3n) is 3.68. The van der Waals surface area contributed by atoms with Crippen molar-refractivity contribution in [1.29, 1.82) is 0 Å². The van der Waals surface area contributed by atoms with Crippen LogP contribution >= 0.6 is 0 Å². The van der Waals surface area contributed by atoms with Crippen molar-refractivity contribution in [3.8, 4) is 0 Å². The van der Waals surface area contributed by atoms with E-state index < -0.39 is 16.4 Å². The molecule has 3 aromatic rings. The molecule has 1 N–H and O–H groups in total. The quantitative estimate of drug-likeness (QED) is 0.399. The van der Waals surface area contributed by atoms with E-state index in [-0.39, 0.29) is 12.2 Å². The van der Waals surface area contributed by atoms with Gasteiger partial charge in [-0.25, -0.2) is 0 Å². The number of carbonyl (C=O) groups excluding carboxylic acids is 1. The first kappa shape index (κ1) is 18.6. The highest BCUT2D eigenvalue weighted by Crippen LogP contribution is 2.20. The van der Waals surface area contributed by atoms with Gasteiger partial charge in [0.1, 0.15) is 6.54 Å². The largest absolute Gasteiger partial charge is 0.325 e. The van der Waals surface area contributed by atoms with E-state index in [9.17, 15) is 19.7 Å². The molecule has 0 atom stereocenters. The zero-order valence-corrected chi connectivity index (χ0v) is 14.6. The van der Waals surface area contributed by atoms with Crippen LogP contribution in [-0.2, 0) is 11.3 Å². The lowest BCUT2D eigenvalue weighted by molar-refractivity contribution is -0.385. The Morgan fingerprint density at radius 3 is 2.25 bits per heavy atom. The summed E-state index contributed by atoms with van der Waals surface area (Å²) >= 11 is 0. The van der Waals surface area contributed by atoms with Crippen LogP contribution in [0.25, 0.3) is 0 Å². The van der Waals surface area contributed by atoms with Crippen molar-refractivity contribution in [3.63, 3.8) is 0 Å². The standard InChI is InChI=1S/C19H15N5O4/c25-18(13-23-12-17(24(27)28)10-11-19(23)26)20-14-6-8-16(9-7-14)22-21-15-4-2-1-3-5-15/h1-12H,13H2,(H,20,25). The van der Waals surface area contributed by atoms with E-state index in [0.717, 1.165) is 28.6 Å². The maximum atomic E-state index is 12.1. The average molecular weight is 377 g/mol. The number of nitrogens with zero attached hydrogens (tertiary/aromatic N) is 4. The topological polar surface area (TPSA) is 119 Å². The van der Waals surface area contributed by atoms with Gasteiger partial charge >= 0.3 is 0 Å². The summed E-state index contributed by atoms with van der Waals surface area (Å²) in [6, 6.07) is 18.1. The first-order valence-corrected chi connectivity index (χ1v) is 8.23. The molecule has 0 aliphatic heterocycles. The number of nitro groups is 1. The number of amides is 1. The van der Waals surface area contributed by atoms with E-state index >= 15 is 0 Å². The highest BCUT2D eigenvalue weighted by molar-refractivity contribution is 5.90. The van der Waals surface area contributed by atoms with Crippen molar-refractivity contribution in [2.45, 2.75) is 6.54 Å². The van der Waals surface area contributed by atoms with Gasteiger partial charge in [0.2, 0.25) is 5.91 Å². The summed E-state index contributed by atoms with van der Waals surface area (Å²) in [5, 5.41) is 21.6. The second kappa shape index (κ2) is 8.49. The molecule has 0 unspecified atom stereocenters. The Labute approximate surface area is 159 Å². The minimum Gasteiger partial charge on any atom is -0.325 e. The summed E-state index contributed by atoms with van der Waals surface area (Å²) in [5.41, 5.74) is 1.07. The second-order valence-electron chi connectivity index (χ2n) is 5.74. The molecule has 28 heavy (non-hydrogen) atoms. The van der Waals surface area contributed by atoms with E-state index in [1.165, 1.54) is 0 Å². The van der Waals surface area contributed by atoms with Gasteiger partial charge in [0, 0.05) is 17.8 Å². The number of rotatable bonds is 6. The maximum Gasteiger partial charge on any atom is 0.285 e. The minimum atomic E-state index is -0.628. The molecule has 0 fully saturated rings. The van der Waals surface area contributed by atoms with Gasteiger partial charge in [0.25, 0.3) is 11.2 Å². The Morgan fingerprint density at radius 1 is 0.964 bits per heavy atom. The summed E-state index contributed by atoms with van der Waals surface area (Å²) in [6.07, 6.45) is 1.04. The van der Waals surface area contributed by atoms with Gasteiger partial charge < -0.3 is 5.32 Å². The molecule has 0 aliphatic rings. The molecule has 2 aromatic carbocycles. The highest BCUT2D eigenvalue weighted by Gasteiger charge is 2.11. The number of azo groups is 1. The molecule has 0 saturated carbocycles. The number of hydrogen-bond donors (Lipinski definition) is 1. The first-order valence-electron chi connectivity index (χ1n) is 8.23. The minimum absolute atomic E-state index is 0.263. The molecule has 3 rings (SSSR count). The lowest BCUT2D eigenvalue weighted by atomic mass is 10.3. The third-order valence-corrected chi connectivity index (χ3v) is 3.68. The lowest BCUT2D eigenvalue weighted by Gasteiger charge is -2.07. The van der Waals surface area contributed by atoms with E-state index in [1.807, 2.05) is 30.3 Å². The predicted molar refractivity (Wildman–Crippen MR) is 103 cm³/mol. The fraction of sp³-hybridized carbons (Fsp3) is 0.0526. The number of pyridine rings is 1. The molecule has 9 nitrogen and oxygen atoms in total. The van der Waals surface area contributed by atoms with Crippen molar-refractivity contribution in [2.75, 3.05) is 5.32 Å². The average Bonchev–Trinajstić information content (AvgIpc) is 2.70. The van der Waals surface area contributed by atoms with Crippen molar-refractivity contribution in [2.24, 2.45) is 10.2 Å². The molecule has 0 saturated heterocycles.